The number of halogens is 2. The van der Waals surface area contributed by atoms with Crippen molar-refractivity contribution in [2.24, 2.45) is 0 Å². The number of carbonyl (C=O) groups is 2. The van der Waals surface area contributed by atoms with E-state index in [1.165, 1.54) is 17.0 Å². The maximum Gasteiger partial charge on any atom is 0.264 e. The summed E-state index contributed by atoms with van der Waals surface area (Å²) in [5.74, 6) is -0.911. The van der Waals surface area contributed by atoms with Gasteiger partial charge < -0.3 is 10.2 Å². The monoisotopic (exact) mass is 679 g/mol. The van der Waals surface area contributed by atoms with Crippen LogP contribution in [0.25, 0.3) is 0 Å². The van der Waals surface area contributed by atoms with Crippen LogP contribution in [0, 0.1) is 13.8 Å². The van der Waals surface area contributed by atoms with Crippen molar-refractivity contribution in [1.29, 1.82) is 0 Å². The molecule has 0 saturated carbocycles. The Kier molecular flexibility index (Phi) is 11.9. The molecule has 0 aliphatic carbocycles. The molecule has 0 bridgehead atoms. The Morgan fingerprint density at radius 2 is 1.52 bits per heavy atom. The number of hydrogen-bond acceptors (Lipinski definition) is 4. The molecule has 2 atom stereocenters. The third kappa shape index (κ3) is 8.69. The molecule has 1 N–H and O–H groups in total. The Bertz CT molecular complexity index is 1770. The van der Waals surface area contributed by atoms with Crippen LogP contribution >= 0.6 is 23.2 Å². The van der Waals surface area contributed by atoms with Crippen LogP contribution in [0.1, 0.15) is 42.5 Å². The van der Waals surface area contributed by atoms with Gasteiger partial charge in [-0.1, -0.05) is 102 Å². The van der Waals surface area contributed by atoms with Gasteiger partial charge in [0.2, 0.25) is 11.8 Å². The number of carbonyl (C=O) groups excluding carboxylic acids is 2. The first-order chi connectivity index (χ1) is 21.9. The molecule has 0 aliphatic heterocycles. The van der Waals surface area contributed by atoms with Crippen LogP contribution < -0.4 is 9.62 Å². The normalized spacial score (nSPS) is 12.7. The first-order valence-electron chi connectivity index (χ1n) is 15.1. The summed E-state index contributed by atoms with van der Waals surface area (Å²) in [5, 5.41) is 3.79. The number of anilines is 1. The van der Waals surface area contributed by atoms with Gasteiger partial charge in [0.05, 0.1) is 10.6 Å². The van der Waals surface area contributed by atoms with E-state index in [4.69, 9.17) is 23.2 Å². The lowest BCUT2D eigenvalue weighted by Crippen LogP contribution is -2.54. The Balaban J connectivity index is 1.84. The lowest BCUT2D eigenvalue weighted by Gasteiger charge is -2.34. The van der Waals surface area contributed by atoms with Gasteiger partial charge in [-0.05, 0) is 74.2 Å². The van der Waals surface area contributed by atoms with Crippen molar-refractivity contribution < 1.29 is 18.0 Å². The molecule has 2 amide bonds. The van der Waals surface area contributed by atoms with Crippen molar-refractivity contribution in [3.8, 4) is 0 Å². The molecule has 10 heteroatoms. The molecule has 0 fully saturated rings. The van der Waals surface area contributed by atoms with Crippen LogP contribution in [0.4, 0.5) is 5.69 Å². The van der Waals surface area contributed by atoms with E-state index in [0.29, 0.717) is 33.3 Å². The minimum atomic E-state index is -4.19. The van der Waals surface area contributed by atoms with Gasteiger partial charge >= 0.3 is 0 Å². The fourth-order valence-corrected chi connectivity index (χ4v) is 6.97. The van der Waals surface area contributed by atoms with Gasteiger partial charge in [-0.25, -0.2) is 8.42 Å². The van der Waals surface area contributed by atoms with E-state index >= 15 is 0 Å². The highest BCUT2D eigenvalue weighted by molar-refractivity contribution is 7.92. The topological polar surface area (TPSA) is 86.8 Å². The van der Waals surface area contributed by atoms with Crippen molar-refractivity contribution in [1.82, 2.24) is 10.2 Å². The number of benzene rings is 4. The maximum atomic E-state index is 14.6. The maximum absolute atomic E-state index is 14.6. The minimum absolute atomic E-state index is 0.0492. The van der Waals surface area contributed by atoms with Crippen LogP contribution in [0.2, 0.25) is 10.0 Å². The Morgan fingerprint density at radius 3 is 2.15 bits per heavy atom. The van der Waals surface area contributed by atoms with Gasteiger partial charge in [-0.15, -0.1) is 0 Å². The lowest BCUT2D eigenvalue weighted by atomic mass is 10.0. The van der Waals surface area contributed by atoms with Crippen LogP contribution in [0.3, 0.4) is 0 Å². The molecule has 242 valence electrons. The van der Waals surface area contributed by atoms with Crippen LogP contribution in [-0.4, -0.2) is 43.8 Å². The first kappa shape index (κ1) is 35.0. The number of nitrogens with one attached hydrogen (secondary N) is 1. The fraction of sp³-hybridized carbons (Fsp3) is 0.278. The Hall–Kier alpha value is -3.85. The average Bonchev–Trinajstić information content (AvgIpc) is 3.03. The predicted octanol–water partition coefficient (Wildman–Crippen LogP) is 7.36. The highest BCUT2D eigenvalue weighted by Gasteiger charge is 2.35. The SMILES string of the molecule is CCC(C)NC(=O)C(Cc1ccccc1)N(Cc1ccc(Cl)cc1Cl)C(=O)CN(c1ccccc1C)S(=O)(=O)c1ccc(C)cc1. The van der Waals surface area contributed by atoms with Gasteiger partial charge in [0.15, 0.2) is 0 Å². The minimum Gasteiger partial charge on any atom is -0.352 e. The zero-order valence-electron chi connectivity index (χ0n) is 26.4. The molecule has 46 heavy (non-hydrogen) atoms. The van der Waals surface area contributed by atoms with Crippen molar-refractivity contribution >= 4 is 50.7 Å². The number of nitrogens with zero attached hydrogens (tertiary/aromatic N) is 2. The lowest BCUT2D eigenvalue weighted by molar-refractivity contribution is -0.140. The summed E-state index contributed by atoms with van der Waals surface area (Å²) in [6.07, 6.45) is 0.895. The second kappa shape index (κ2) is 15.6. The van der Waals surface area contributed by atoms with Crippen molar-refractivity contribution in [2.45, 2.75) is 64.1 Å². The van der Waals surface area contributed by atoms with Gasteiger partial charge in [-0.2, -0.15) is 0 Å². The zero-order chi connectivity index (χ0) is 33.4. The molecule has 0 radical (unpaired) electrons. The quantitative estimate of drug-likeness (QED) is 0.160. The van der Waals surface area contributed by atoms with Crippen LogP contribution in [0.15, 0.2) is 102 Å². The van der Waals surface area contributed by atoms with E-state index in [2.05, 4.69) is 5.32 Å². The summed E-state index contributed by atoms with van der Waals surface area (Å²) in [6, 6.07) is 26.7. The molecular weight excluding hydrogens is 641 g/mol. The van der Waals surface area contributed by atoms with E-state index in [0.717, 1.165) is 15.4 Å². The van der Waals surface area contributed by atoms with Crippen molar-refractivity contribution in [3.05, 3.63) is 129 Å². The summed E-state index contributed by atoms with van der Waals surface area (Å²) >= 11 is 12.8. The predicted molar refractivity (Wildman–Crippen MR) is 186 cm³/mol. The second-order valence-electron chi connectivity index (χ2n) is 11.4. The number of amides is 2. The third-order valence-corrected chi connectivity index (χ3v) is 10.3. The molecule has 4 aromatic carbocycles. The number of rotatable bonds is 13. The van der Waals surface area contributed by atoms with E-state index in [1.54, 1.807) is 61.5 Å². The number of hydrogen-bond donors (Lipinski definition) is 1. The highest BCUT2D eigenvalue weighted by atomic mass is 35.5. The zero-order valence-corrected chi connectivity index (χ0v) is 28.7. The molecule has 4 rings (SSSR count). The van der Waals surface area contributed by atoms with Crippen molar-refractivity contribution in [3.63, 3.8) is 0 Å². The Morgan fingerprint density at radius 1 is 0.870 bits per heavy atom. The molecule has 4 aromatic rings. The number of sulfonamides is 1. The molecule has 0 aromatic heterocycles. The van der Waals surface area contributed by atoms with Gasteiger partial charge in [0.1, 0.15) is 12.6 Å². The molecule has 7 nitrogen and oxygen atoms in total. The fourth-order valence-electron chi connectivity index (χ4n) is 5.02. The average molecular weight is 681 g/mol. The molecule has 0 saturated heterocycles. The van der Waals surface area contributed by atoms with Gasteiger partial charge in [0.25, 0.3) is 10.0 Å². The highest BCUT2D eigenvalue weighted by Crippen LogP contribution is 2.29. The van der Waals surface area contributed by atoms with E-state index in [9.17, 15) is 18.0 Å². The molecule has 0 spiro atoms. The van der Waals surface area contributed by atoms with Gasteiger partial charge in [0, 0.05) is 29.1 Å². The first-order valence-corrected chi connectivity index (χ1v) is 17.3. The molecule has 2 unspecified atom stereocenters. The van der Waals surface area contributed by atoms with Crippen LogP contribution in [-0.2, 0) is 32.6 Å². The van der Waals surface area contributed by atoms with Gasteiger partial charge in [-0.3, -0.25) is 13.9 Å². The van der Waals surface area contributed by atoms with Crippen molar-refractivity contribution in [2.75, 3.05) is 10.8 Å². The summed E-state index contributed by atoms with van der Waals surface area (Å²) in [5.41, 5.74) is 3.35. The standard InChI is InChI=1S/C36H39Cl2N3O4S/c1-5-27(4)39-36(43)34(21-28-12-7-6-8-13-28)40(23-29-17-18-30(37)22-32(29)38)35(42)24-41(33-14-10-9-11-26(33)3)46(44,45)31-19-15-25(2)16-20-31/h6-20,22,27,34H,5,21,23-24H2,1-4H3,(H,39,43). The van der Waals surface area contributed by atoms with E-state index in [1.807, 2.05) is 51.1 Å². The van der Waals surface area contributed by atoms with Crippen LogP contribution in [0.5, 0.6) is 0 Å². The molecule has 0 heterocycles. The molecule has 0 aliphatic rings. The summed E-state index contributed by atoms with van der Waals surface area (Å²) in [4.78, 5) is 30.1. The largest absolute Gasteiger partial charge is 0.352 e. The van der Waals surface area contributed by atoms with E-state index in [-0.39, 0.29) is 29.8 Å². The summed E-state index contributed by atoms with van der Waals surface area (Å²) in [7, 11) is -4.19. The second-order valence-corrected chi connectivity index (χ2v) is 14.1. The summed E-state index contributed by atoms with van der Waals surface area (Å²) in [6.45, 7) is 6.93. The third-order valence-electron chi connectivity index (χ3n) is 7.90. The smallest absolute Gasteiger partial charge is 0.264 e. The Labute approximate surface area is 282 Å². The number of para-hydroxylation sites is 1. The molecular formula is C36H39Cl2N3O4S. The number of aryl methyl sites for hydroxylation is 2. The van der Waals surface area contributed by atoms with E-state index < -0.39 is 28.5 Å². The summed E-state index contributed by atoms with van der Waals surface area (Å²) < 4.78 is 29.6.